The molecular weight excluding hydrogens is 775 g/mol. The van der Waals surface area contributed by atoms with Gasteiger partial charge in [0.15, 0.2) is 5.76 Å². The van der Waals surface area contributed by atoms with Gasteiger partial charge in [-0.1, -0.05) is 50.2 Å². The van der Waals surface area contributed by atoms with Gasteiger partial charge in [0.2, 0.25) is 11.8 Å². The third kappa shape index (κ3) is 8.21. The Balaban J connectivity index is 0.858. The van der Waals surface area contributed by atoms with Crippen LogP contribution in [0.3, 0.4) is 0 Å². The van der Waals surface area contributed by atoms with Crippen LogP contribution in [0, 0.1) is 12.8 Å². The van der Waals surface area contributed by atoms with E-state index < -0.39 is 18.1 Å². The Bertz CT molecular complexity index is 2410. The zero-order valence-electron chi connectivity index (χ0n) is 32.8. The molecule has 1 aliphatic carbocycles. The molecule has 4 N–H and O–H groups in total. The number of aryl methyl sites for hydroxylation is 2. The zero-order chi connectivity index (χ0) is 40.5. The maximum atomic E-state index is 14.2. The summed E-state index contributed by atoms with van der Waals surface area (Å²) in [5, 5.41) is 41.8. The Morgan fingerprint density at radius 2 is 1.90 bits per heavy atom. The van der Waals surface area contributed by atoms with Gasteiger partial charge in [0, 0.05) is 47.4 Å². The summed E-state index contributed by atoms with van der Waals surface area (Å²) in [6, 6.07) is 18.0. The van der Waals surface area contributed by atoms with Crippen molar-refractivity contribution in [3.63, 3.8) is 0 Å². The lowest BCUT2D eigenvalue weighted by Crippen LogP contribution is -2.48. The summed E-state index contributed by atoms with van der Waals surface area (Å²) in [4.78, 5) is 37.0. The summed E-state index contributed by atoms with van der Waals surface area (Å²) in [7, 11) is 0. The number of hydrogen-bond donors (Lipinski definition) is 4. The lowest BCUT2D eigenvalue weighted by molar-refractivity contribution is -0.141. The van der Waals surface area contributed by atoms with E-state index in [0.29, 0.717) is 30.2 Å². The topological polar surface area (TPSA) is 176 Å². The van der Waals surface area contributed by atoms with Crippen molar-refractivity contribution >= 4 is 44.7 Å². The van der Waals surface area contributed by atoms with Gasteiger partial charge in [-0.3, -0.25) is 9.59 Å². The van der Waals surface area contributed by atoms with Crippen molar-refractivity contribution in [3.8, 4) is 33.3 Å². The number of nitrogens with zero attached hydrogens (tertiary/aromatic N) is 5. The highest BCUT2D eigenvalue weighted by Gasteiger charge is 2.43. The molecule has 4 aromatic heterocycles. The Morgan fingerprint density at radius 3 is 2.66 bits per heavy atom. The van der Waals surface area contributed by atoms with Gasteiger partial charge in [-0.25, -0.2) is 4.98 Å². The number of para-hydroxylation sites is 1. The summed E-state index contributed by atoms with van der Waals surface area (Å²) in [6.45, 7) is 8.70. The summed E-state index contributed by atoms with van der Waals surface area (Å²) in [6.07, 6.45) is 2.09. The first kappa shape index (κ1) is 39.6. The van der Waals surface area contributed by atoms with Crippen molar-refractivity contribution < 1.29 is 29.1 Å². The van der Waals surface area contributed by atoms with Crippen molar-refractivity contribution in [2.45, 2.75) is 83.5 Å². The molecule has 5 heterocycles. The molecule has 2 amide bonds. The highest BCUT2D eigenvalue weighted by atomic mass is 32.1. The predicted octanol–water partition coefficient (Wildman–Crippen LogP) is 6.59. The molecule has 8 rings (SSSR count). The molecule has 302 valence electrons. The average Bonchev–Trinajstić information content (AvgIpc) is 4.03. The fraction of sp³-hybridized carbons (Fsp3) is 0.395. The van der Waals surface area contributed by atoms with Crippen molar-refractivity contribution in [3.05, 3.63) is 93.6 Å². The molecule has 1 saturated heterocycles. The summed E-state index contributed by atoms with van der Waals surface area (Å²) in [5.41, 5.74) is 7.39. The third-order valence-electron chi connectivity index (χ3n) is 11.2. The van der Waals surface area contributed by atoms with Crippen LogP contribution in [0.2, 0.25) is 0 Å². The zero-order valence-corrected chi connectivity index (χ0v) is 34.5. The second kappa shape index (κ2) is 16.9. The number of rotatable bonds is 13. The van der Waals surface area contributed by atoms with Gasteiger partial charge in [-0.2, -0.15) is 0 Å². The van der Waals surface area contributed by atoms with Gasteiger partial charge >= 0.3 is 0 Å². The summed E-state index contributed by atoms with van der Waals surface area (Å²) in [5.74, 6) is -0.715. The highest BCUT2D eigenvalue weighted by Crippen LogP contribution is 2.38. The van der Waals surface area contributed by atoms with Crippen molar-refractivity contribution in [1.82, 2.24) is 35.9 Å². The van der Waals surface area contributed by atoms with E-state index in [-0.39, 0.29) is 54.4 Å². The lowest BCUT2D eigenvalue weighted by Gasteiger charge is -2.29. The minimum Gasteiger partial charge on any atom is -0.507 e. The van der Waals surface area contributed by atoms with E-state index in [4.69, 9.17) is 9.26 Å². The number of nitrogens with one attached hydrogen (secondary N) is 2. The molecule has 2 aromatic carbocycles. The molecular formula is C43H47N7O6S2. The minimum atomic E-state index is -0.829. The number of thiophene rings is 1. The normalized spacial score (nSPS) is 19.0. The SMILES string of the molecule is Cc1ncsc1-c1ccc(C(C)NC(=O)[C@@H]2C[C@@H](O)CN2C(=O)C(c2cc(OCCN[C@@H]3CCc4sc5nnc(-c6ccccc6O)cc5c4C3)no2)C(C)C)cc1. The second-order valence-electron chi connectivity index (χ2n) is 15.5. The van der Waals surface area contributed by atoms with E-state index in [9.17, 15) is 19.8 Å². The van der Waals surface area contributed by atoms with E-state index in [0.717, 1.165) is 51.2 Å². The Hall–Kier alpha value is -5.22. The van der Waals surface area contributed by atoms with Gasteiger partial charge in [0.05, 0.1) is 33.9 Å². The molecule has 0 saturated carbocycles. The molecule has 13 nitrogen and oxygen atoms in total. The molecule has 1 fully saturated rings. The number of aliphatic hydroxyl groups excluding tert-OH is 1. The number of hydrogen-bond acceptors (Lipinski definition) is 13. The number of phenolic OH excluding ortho intramolecular Hbond substituents is 1. The number of β-amino-alcohol motifs (C(OH)–C–C–N with tert-alkyl or cyclic N) is 1. The number of carbonyl (C=O) groups is 2. The van der Waals surface area contributed by atoms with Gasteiger partial charge in [0.1, 0.15) is 29.1 Å². The van der Waals surface area contributed by atoms with Crippen LogP contribution < -0.4 is 15.4 Å². The van der Waals surface area contributed by atoms with Gasteiger partial charge in [-0.05, 0) is 79.1 Å². The van der Waals surface area contributed by atoms with E-state index in [1.165, 1.54) is 15.3 Å². The maximum Gasteiger partial charge on any atom is 0.254 e. The maximum absolute atomic E-state index is 14.2. The Kier molecular flexibility index (Phi) is 11.6. The fourth-order valence-corrected chi connectivity index (χ4v) is 10.1. The van der Waals surface area contributed by atoms with Crippen LogP contribution in [-0.4, -0.2) is 85.1 Å². The minimum absolute atomic E-state index is 0.0512. The Morgan fingerprint density at radius 1 is 1.09 bits per heavy atom. The predicted molar refractivity (Wildman–Crippen MR) is 223 cm³/mol. The summed E-state index contributed by atoms with van der Waals surface area (Å²) < 4.78 is 11.7. The van der Waals surface area contributed by atoms with E-state index in [2.05, 4.69) is 31.0 Å². The largest absolute Gasteiger partial charge is 0.507 e. The number of benzene rings is 2. The van der Waals surface area contributed by atoms with Crippen molar-refractivity contribution in [1.29, 1.82) is 0 Å². The van der Waals surface area contributed by atoms with E-state index in [1.54, 1.807) is 40.9 Å². The Labute approximate surface area is 344 Å². The van der Waals surface area contributed by atoms with E-state index >= 15 is 0 Å². The number of aromatic hydroxyl groups is 1. The van der Waals surface area contributed by atoms with Crippen LogP contribution in [0.5, 0.6) is 11.6 Å². The second-order valence-corrected chi connectivity index (χ2v) is 17.5. The number of ether oxygens (including phenoxy) is 1. The van der Waals surface area contributed by atoms with Crippen LogP contribution in [0.1, 0.15) is 73.0 Å². The molecule has 0 radical (unpaired) electrons. The molecule has 2 unspecified atom stereocenters. The molecule has 6 aromatic rings. The van der Waals surface area contributed by atoms with Crippen LogP contribution in [0.25, 0.3) is 31.9 Å². The number of carbonyl (C=O) groups excluding carboxylic acids is 2. The number of fused-ring (bicyclic) bond motifs is 3. The standard InChI is InChI=1S/C43H47N7O6S2/c1-23(2)39(43(54)50-21-29(51)18-34(50)41(53)46-24(3)26-9-11-27(12-10-26)40-25(4)45-22-57-40)36-20-38(49-56-36)55-16-15-44-28-13-14-37-31(17-28)32-19-33(47-48-42(32)58-37)30-7-5-6-8-35(30)52/h5-12,19-20,22-24,28-29,34,39,44,51-52H,13-18,21H2,1-4H3,(H,46,53)/t24?,28-,29-,34+,39?/m1/s1. The average molecular weight is 822 g/mol. The molecule has 2 aliphatic rings. The smallest absolute Gasteiger partial charge is 0.254 e. The first-order chi connectivity index (χ1) is 28.0. The number of phenols is 1. The number of aliphatic hydroxyl groups is 1. The van der Waals surface area contributed by atoms with Gasteiger partial charge in [0.25, 0.3) is 5.88 Å². The van der Waals surface area contributed by atoms with Crippen molar-refractivity contribution in [2.24, 2.45) is 5.92 Å². The highest BCUT2D eigenvalue weighted by molar-refractivity contribution is 7.18. The quantitative estimate of drug-likeness (QED) is 0.0926. The number of aromatic nitrogens is 4. The third-order valence-corrected chi connectivity index (χ3v) is 13.3. The molecule has 5 atom stereocenters. The monoisotopic (exact) mass is 821 g/mol. The molecule has 0 spiro atoms. The van der Waals surface area contributed by atoms with Crippen LogP contribution >= 0.6 is 22.7 Å². The fourth-order valence-electron chi connectivity index (χ4n) is 8.10. The summed E-state index contributed by atoms with van der Waals surface area (Å²) >= 11 is 3.28. The van der Waals surface area contributed by atoms with Gasteiger partial charge < -0.3 is 35.0 Å². The molecule has 58 heavy (non-hydrogen) atoms. The first-order valence-electron chi connectivity index (χ1n) is 19.7. The number of thiazole rings is 1. The van der Waals surface area contributed by atoms with Crippen LogP contribution in [0.4, 0.5) is 0 Å². The van der Waals surface area contributed by atoms with Gasteiger partial charge in [-0.15, -0.1) is 32.9 Å². The molecule has 1 aliphatic heterocycles. The van der Waals surface area contributed by atoms with Crippen LogP contribution in [-0.2, 0) is 22.4 Å². The first-order valence-corrected chi connectivity index (χ1v) is 21.4. The molecule has 15 heteroatoms. The van der Waals surface area contributed by atoms with E-state index in [1.807, 2.05) is 75.7 Å². The number of likely N-dealkylation sites (tertiary alicyclic amines) is 1. The van der Waals surface area contributed by atoms with Crippen molar-refractivity contribution in [2.75, 3.05) is 19.7 Å². The van der Waals surface area contributed by atoms with Crippen LogP contribution in [0.15, 0.2) is 70.7 Å². The lowest BCUT2D eigenvalue weighted by atomic mass is 9.91. The molecule has 0 bridgehead atoms. The number of amides is 2.